The third kappa shape index (κ3) is 1.86. The molecule has 0 saturated carbocycles. The van der Waals surface area contributed by atoms with Crippen LogP contribution in [0.25, 0.3) is 11.0 Å². The van der Waals surface area contributed by atoms with Gasteiger partial charge in [0.15, 0.2) is 0 Å². The van der Waals surface area contributed by atoms with Gasteiger partial charge in [0.2, 0.25) is 5.76 Å². The van der Waals surface area contributed by atoms with E-state index < -0.39 is 5.97 Å². The van der Waals surface area contributed by atoms with Crippen molar-refractivity contribution >= 4 is 16.9 Å². The Morgan fingerprint density at radius 3 is 2.76 bits per heavy atom. The molecule has 1 N–H and O–H groups in total. The Morgan fingerprint density at radius 2 is 2.12 bits per heavy atom. The highest BCUT2D eigenvalue weighted by molar-refractivity contribution is 5.98. The fourth-order valence-corrected chi connectivity index (χ4v) is 1.88. The van der Waals surface area contributed by atoms with E-state index in [-0.39, 0.29) is 11.5 Å². The predicted molar refractivity (Wildman–Crippen MR) is 63.3 cm³/mol. The monoisotopic (exact) mass is 234 g/mol. The number of fused-ring (bicyclic) bond motifs is 1. The molecular weight excluding hydrogens is 220 g/mol. The third-order valence-electron chi connectivity index (χ3n) is 2.61. The second-order valence-corrected chi connectivity index (χ2v) is 3.93. The lowest BCUT2D eigenvalue weighted by molar-refractivity contribution is 0.0491. The number of hydrogen-bond acceptors (Lipinski definition) is 4. The van der Waals surface area contributed by atoms with E-state index in [2.05, 4.69) is 0 Å². The van der Waals surface area contributed by atoms with Crippen LogP contribution in [0.15, 0.2) is 16.5 Å². The molecule has 0 aliphatic carbocycles. The molecule has 0 saturated heterocycles. The molecule has 17 heavy (non-hydrogen) atoms. The number of rotatable bonds is 2. The maximum atomic E-state index is 11.6. The molecular formula is C13H14O4. The SMILES string of the molecule is CCOC(=O)c1oc2cc(C)cc(O)c2c1C. The Bertz CT molecular complexity index is 581. The number of aryl methyl sites for hydroxylation is 2. The second kappa shape index (κ2) is 4.13. The van der Waals surface area contributed by atoms with Gasteiger partial charge < -0.3 is 14.3 Å². The van der Waals surface area contributed by atoms with Crippen molar-refractivity contribution in [1.82, 2.24) is 0 Å². The predicted octanol–water partition coefficient (Wildman–Crippen LogP) is 2.93. The van der Waals surface area contributed by atoms with Crippen LogP contribution < -0.4 is 0 Å². The summed E-state index contributed by atoms with van der Waals surface area (Å²) in [6.45, 7) is 5.60. The van der Waals surface area contributed by atoms with Gasteiger partial charge >= 0.3 is 5.97 Å². The summed E-state index contributed by atoms with van der Waals surface area (Å²) in [5.74, 6) is -0.224. The van der Waals surface area contributed by atoms with Crippen molar-refractivity contribution in [2.24, 2.45) is 0 Å². The van der Waals surface area contributed by atoms with Crippen molar-refractivity contribution < 1.29 is 19.1 Å². The largest absolute Gasteiger partial charge is 0.507 e. The molecule has 2 rings (SSSR count). The van der Waals surface area contributed by atoms with Crippen LogP contribution in [0.2, 0.25) is 0 Å². The van der Waals surface area contributed by atoms with Crippen LogP contribution in [0.3, 0.4) is 0 Å². The van der Waals surface area contributed by atoms with Gasteiger partial charge in [-0.1, -0.05) is 0 Å². The summed E-state index contributed by atoms with van der Waals surface area (Å²) in [5.41, 5.74) is 1.98. The number of hydrogen-bond donors (Lipinski definition) is 1. The second-order valence-electron chi connectivity index (χ2n) is 3.93. The zero-order chi connectivity index (χ0) is 12.6. The van der Waals surface area contributed by atoms with Gasteiger partial charge in [-0.15, -0.1) is 0 Å². The van der Waals surface area contributed by atoms with Gasteiger partial charge in [0.25, 0.3) is 0 Å². The molecule has 1 aromatic heterocycles. The minimum atomic E-state index is -0.502. The molecule has 0 spiro atoms. The van der Waals surface area contributed by atoms with Gasteiger partial charge in [-0.3, -0.25) is 0 Å². The molecule has 1 aromatic carbocycles. The highest BCUT2D eigenvalue weighted by atomic mass is 16.5. The van der Waals surface area contributed by atoms with Crippen molar-refractivity contribution in [2.75, 3.05) is 6.61 Å². The first kappa shape index (κ1) is 11.5. The number of ether oxygens (including phenoxy) is 1. The van der Waals surface area contributed by atoms with E-state index in [1.807, 2.05) is 6.92 Å². The normalized spacial score (nSPS) is 10.8. The number of furan rings is 1. The summed E-state index contributed by atoms with van der Waals surface area (Å²) in [5, 5.41) is 10.4. The van der Waals surface area contributed by atoms with Crippen molar-refractivity contribution in [2.45, 2.75) is 20.8 Å². The molecule has 0 unspecified atom stereocenters. The lowest BCUT2D eigenvalue weighted by Crippen LogP contribution is -2.04. The van der Waals surface area contributed by atoms with Crippen molar-refractivity contribution in [1.29, 1.82) is 0 Å². The first-order chi connectivity index (χ1) is 8.04. The maximum Gasteiger partial charge on any atom is 0.374 e. The standard InChI is InChI=1S/C13H14O4/c1-4-16-13(15)12-8(3)11-9(14)5-7(2)6-10(11)17-12/h5-6,14H,4H2,1-3H3. The Hall–Kier alpha value is -1.97. The minimum Gasteiger partial charge on any atom is -0.507 e. The van der Waals surface area contributed by atoms with Crippen molar-refractivity contribution in [3.63, 3.8) is 0 Å². The molecule has 0 amide bonds. The summed E-state index contributed by atoms with van der Waals surface area (Å²) >= 11 is 0. The fraction of sp³-hybridized carbons (Fsp3) is 0.308. The number of carbonyl (C=O) groups excluding carboxylic acids is 1. The third-order valence-corrected chi connectivity index (χ3v) is 2.61. The minimum absolute atomic E-state index is 0.122. The van der Waals surface area contributed by atoms with Gasteiger partial charge in [-0.25, -0.2) is 4.79 Å². The van der Waals surface area contributed by atoms with E-state index in [1.54, 1.807) is 26.0 Å². The topological polar surface area (TPSA) is 59.7 Å². The van der Waals surface area contributed by atoms with Crippen LogP contribution >= 0.6 is 0 Å². The molecule has 0 fully saturated rings. The molecule has 2 aromatic rings. The number of aromatic hydroxyl groups is 1. The van der Waals surface area contributed by atoms with Crippen LogP contribution in [-0.4, -0.2) is 17.7 Å². The van der Waals surface area contributed by atoms with Gasteiger partial charge in [0.1, 0.15) is 11.3 Å². The highest BCUT2D eigenvalue weighted by Crippen LogP contribution is 2.33. The van der Waals surface area contributed by atoms with Crippen LogP contribution in [0, 0.1) is 13.8 Å². The van der Waals surface area contributed by atoms with Gasteiger partial charge in [-0.2, -0.15) is 0 Å². The van der Waals surface area contributed by atoms with Gasteiger partial charge in [-0.05, 0) is 38.5 Å². The number of esters is 1. The maximum absolute atomic E-state index is 11.6. The van der Waals surface area contributed by atoms with Crippen LogP contribution in [0.4, 0.5) is 0 Å². The molecule has 0 aliphatic heterocycles. The van der Waals surface area contributed by atoms with Gasteiger partial charge in [0, 0.05) is 5.56 Å². The molecule has 4 heteroatoms. The molecule has 1 heterocycles. The van der Waals surface area contributed by atoms with E-state index in [0.29, 0.717) is 23.1 Å². The smallest absolute Gasteiger partial charge is 0.374 e. The molecule has 4 nitrogen and oxygen atoms in total. The van der Waals surface area contributed by atoms with Gasteiger partial charge in [0.05, 0.1) is 12.0 Å². The van der Waals surface area contributed by atoms with E-state index in [0.717, 1.165) is 5.56 Å². The van der Waals surface area contributed by atoms with Crippen molar-refractivity contribution in [3.05, 3.63) is 29.0 Å². The highest BCUT2D eigenvalue weighted by Gasteiger charge is 2.20. The Kier molecular flexibility index (Phi) is 2.79. The summed E-state index contributed by atoms with van der Waals surface area (Å²) in [6, 6.07) is 3.42. The lowest BCUT2D eigenvalue weighted by Gasteiger charge is -1.98. The summed E-state index contributed by atoms with van der Waals surface area (Å²) in [6.07, 6.45) is 0. The molecule has 0 atom stereocenters. The number of benzene rings is 1. The fourth-order valence-electron chi connectivity index (χ4n) is 1.88. The summed E-state index contributed by atoms with van der Waals surface area (Å²) in [4.78, 5) is 11.6. The quantitative estimate of drug-likeness (QED) is 0.811. The summed E-state index contributed by atoms with van der Waals surface area (Å²) < 4.78 is 10.3. The average molecular weight is 234 g/mol. The number of phenols is 1. The number of phenolic OH excluding ortho intramolecular Hbond substituents is 1. The molecule has 0 bridgehead atoms. The van der Waals surface area contributed by atoms with Crippen LogP contribution in [-0.2, 0) is 4.74 Å². The average Bonchev–Trinajstić information content (AvgIpc) is 2.56. The van der Waals surface area contributed by atoms with Crippen LogP contribution in [0.1, 0.15) is 28.6 Å². The van der Waals surface area contributed by atoms with Crippen LogP contribution in [0.5, 0.6) is 5.75 Å². The van der Waals surface area contributed by atoms with E-state index in [9.17, 15) is 9.90 Å². The zero-order valence-corrected chi connectivity index (χ0v) is 10.0. The number of carbonyl (C=O) groups is 1. The Balaban J connectivity index is 2.64. The first-order valence-corrected chi connectivity index (χ1v) is 5.44. The van der Waals surface area contributed by atoms with E-state index >= 15 is 0 Å². The Labute approximate surface area is 98.8 Å². The Morgan fingerprint density at radius 1 is 1.41 bits per heavy atom. The lowest BCUT2D eigenvalue weighted by atomic mass is 10.1. The van der Waals surface area contributed by atoms with Crippen molar-refractivity contribution in [3.8, 4) is 5.75 Å². The van der Waals surface area contributed by atoms with E-state index in [4.69, 9.17) is 9.15 Å². The van der Waals surface area contributed by atoms with E-state index in [1.165, 1.54) is 0 Å². The molecule has 0 radical (unpaired) electrons. The molecule has 0 aliphatic rings. The zero-order valence-electron chi connectivity index (χ0n) is 10.0. The molecule has 90 valence electrons. The summed E-state index contributed by atoms with van der Waals surface area (Å²) in [7, 11) is 0. The first-order valence-electron chi connectivity index (χ1n) is 5.44.